The van der Waals surface area contributed by atoms with Gasteiger partial charge in [-0.1, -0.05) is 12.2 Å². The van der Waals surface area contributed by atoms with Crippen LogP contribution in [0.2, 0.25) is 0 Å². The molecule has 0 aliphatic carbocycles. The van der Waals surface area contributed by atoms with Crippen LogP contribution in [0.1, 0.15) is 6.92 Å². The van der Waals surface area contributed by atoms with Crippen molar-refractivity contribution in [1.82, 2.24) is 5.32 Å². The molecule has 0 saturated carbocycles. The first-order valence-electron chi connectivity index (χ1n) is 2.15. The molecule has 0 unspecified atom stereocenters. The van der Waals surface area contributed by atoms with Crippen molar-refractivity contribution < 1.29 is 0 Å². The molecule has 0 fully saturated rings. The van der Waals surface area contributed by atoms with Gasteiger partial charge in [-0.25, -0.2) is 0 Å². The summed E-state index contributed by atoms with van der Waals surface area (Å²) in [6, 6.07) is 0. The van der Waals surface area contributed by atoms with Crippen molar-refractivity contribution in [1.29, 1.82) is 5.26 Å². The summed E-state index contributed by atoms with van der Waals surface area (Å²) in [5.41, 5.74) is 0. The first kappa shape index (κ1) is 6.03. The van der Waals surface area contributed by atoms with Crippen molar-refractivity contribution >= 4 is 0 Å². The summed E-state index contributed by atoms with van der Waals surface area (Å²) < 4.78 is 0. The summed E-state index contributed by atoms with van der Waals surface area (Å²) in [7, 11) is 0. The highest BCUT2D eigenvalue weighted by molar-refractivity contribution is 4.82. The van der Waals surface area contributed by atoms with Gasteiger partial charge in [-0.2, -0.15) is 5.26 Å². The fourth-order valence-corrected chi connectivity index (χ4v) is 0.222. The van der Waals surface area contributed by atoms with Crippen LogP contribution in [0.5, 0.6) is 0 Å². The number of rotatable bonds is 2. The van der Waals surface area contributed by atoms with E-state index in [2.05, 4.69) is 5.32 Å². The predicted molar refractivity (Wildman–Crippen MR) is 28.4 cm³/mol. The minimum Gasteiger partial charge on any atom is -0.320 e. The van der Waals surface area contributed by atoms with E-state index >= 15 is 0 Å². The molecule has 0 aliphatic heterocycles. The molecule has 0 bridgehead atoms. The Morgan fingerprint density at radius 3 is 3.00 bits per heavy atom. The van der Waals surface area contributed by atoms with Crippen molar-refractivity contribution in [2.75, 3.05) is 6.54 Å². The Balaban J connectivity index is 2.87. The Morgan fingerprint density at radius 2 is 2.57 bits per heavy atom. The lowest BCUT2D eigenvalue weighted by Gasteiger charge is -1.81. The Hall–Kier alpha value is -0.970. The number of allylic oxidation sites excluding steroid dienone is 1. The molecular weight excluding hydrogens is 88.1 g/mol. The fourth-order valence-electron chi connectivity index (χ4n) is 0.222. The highest BCUT2D eigenvalue weighted by Gasteiger charge is 1.66. The van der Waals surface area contributed by atoms with Gasteiger partial charge >= 0.3 is 0 Å². The van der Waals surface area contributed by atoms with Gasteiger partial charge in [-0.3, -0.25) is 0 Å². The third-order valence-corrected chi connectivity index (χ3v) is 0.535. The fraction of sp³-hybridized carbons (Fsp3) is 0.400. The van der Waals surface area contributed by atoms with Crippen LogP contribution < -0.4 is 5.32 Å². The van der Waals surface area contributed by atoms with Gasteiger partial charge in [0.15, 0.2) is 6.19 Å². The second-order valence-corrected chi connectivity index (χ2v) is 1.06. The molecule has 2 heteroatoms. The molecule has 7 heavy (non-hydrogen) atoms. The van der Waals surface area contributed by atoms with E-state index in [1.165, 1.54) is 0 Å². The standard InChI is InChI=1S/C5H8N2/c1-2-3-4-7-5-6/h2-3,7H,4H2,1H3. The van der Waals surface area contributed by atoms with Gasteiger partial charge in [0, 0.05) is 6.54 Å². The zero-order valence-electron chi connectivity index (χ0n) is 4.31. The average Bonchev–Trinajstić information content (AvgIpc) is 1.69. The maximum Gasteiger partial charge on any atom is 0.176 e. The lowest BCUT2D eigenvalue weighted by molar-refractivity contribution is 0.999. The van der Waals surface area contributed by atoms with Gasteiger partial charge in [0.05, 0.1) is 0 Å². The van der Waals surface area contributed by atoms with E-state index in [0.717, 1.165) is 0 Å². The number of hydrogen-bond donors (Lipinski definition) is 1. The largest absolute Gasteiger partial charge is 0.320 e. The number of nitrogens with one attached hydrogen (secondary N) is 1. The van der Waals surface area contributed by atoms with E-state index in [4.69, 9.17) is 5.26 Å². The molecule has 1 N–H and O–H groups in total. The maximum atomic E-state index is 7.90. The Kier molecular flexibility index (Phi) is 4.33. The van der Waals surface area contributed by atoms with Crippen molar-refractivity contribution in [2.45, 2.75) is 6.92 Å². The number of hydrogen-bond acceptors (Lipinski definition) is 2. The zero-order valence-corrected chi connectivity index (χ0v) is 4.31. The van der Waals surface area contributed by atoms with Crippen molar-refractivity contribution in [3.05, 3.63) is 12.2 Å². The second-order valence-electron chi connectivity index (χ2n) is 1.06. The molecule has 0 aliphatic rings. The summed E-state index contributed by atoms with van der Waals surface area (Å²) in [6.45, 7) is 2.56. The molecule has 0 aromatic carbocycles. The van der Waals surface area contributed by atoms with E-state index in [1.54, 1.807) is 6.19 Å². The molecule has 0 radical (unpaired) electrons. The summed E-state index contributed by atoms with van der Waals surface area (Å²) in [5, 5.41) is 10.4. The molecule has 0 aromatic heterocycles. The van der Waals surface area contributed by atoms with Crippen molar-refractivity contribution in [3.63, 3.8) is 0 Å². The SMILES string of the molecule is CC=CCNC#N. The molecule has 0 spiro atoms. The second kappa shape index (κ2) is 5.03. The summed E-state index contributed by atoms with van der Waals surface area (Å²) >= 11 is 0. The Labute approximate surface area is 43.5 Å². The predicted octanol–water partition coefficient (Wildman–Crippen LogP) is 0.633. The lowest BCUT2D eigenvalue weighted by Crippen LogP contribution is -2.02. The third-order valence-electron chi connectivity index (χ3n) is 0.535. The molecular formula is C5H8N2. The molecule has 0 heterocycles. The summed E-state index contributed by atoms with van der Waals surface area (Å²) in [5.74, 6) is 0. The quantitative estimate of drug-likeness (QED) is 0.237. The lowest BCUT2D eigenvalue weighted by atomic mass is 10.5. The summed E-state index contributed by atoms with van der Waals surface area (Å²) in [6.07, 6.45) is 5.57. The molecule has 2 nitrogen and oxygen atoms in total. The van der Waals surface area contributed by atoms with Gasteiger partial charge in [0.1, 0.15) is 0 Å². The highest BCUT2D eigenvalue weighted by Crippen LogP contribution is 1.62. The Bertz CT molecular complexity index is 88.7. The monoisotopic (exact) mass is 96.1 g/mol. The van der Waals surface area contributed by atoms with E-state index < -0.39 is 0 Å². The first-order valence-corrected chi connectivity index (χ1v) is 2.15. The third kappa shape index (κ3) is 5.03. The van der Waals surface area contributed by atoms with Gasteiger partial charge in [-0.15, -0.1) is 0 Å². The molecule has 0 amide bonds. The van der Waals surface area contributed by atoms with Crippen LogP contribution in [-0.2, 0) is 0 Å². The molecule has 0 aromatic rings. The summed E-state index contributed by atoms with van der Waals surface area (Å²) in [4.78, 5) is 0. The minimum absolute atomic E-state index is 0.646. The van der Waals surface area contributed by atoms with Crippen molar-refractivity contribution in [3.8, 4) is 6.19 Å². The topological polar surface area (TPSA) is 35.8 Å². The van der Waals surface area contributed by atoms with E-state index in [-0.39, 0.29) is 0 Å². The average molecular weight is 96.1 g/mol. The smallest absolute Gasteiger partial charge is 0.176 e. The first-order chi connectivity index (χ1) is 3.41. The van der Waals surface area contributed by atoms with Crippen LogP contribution in [0.4, 0.5) is 0 Å². The van der Waals surface area contributed by atoms with Gasteiger partial charge in [-0.05, 0) is 6.92 Å². The maximum absolute atomic E-state index is 7.90. The molecule has 0 saturated heterocycles. The number of nitriles is 1. The van der Waals surface area contributed by atoms with Crippen LogP contribution in [0.25, 0.3) is 0 Å². The Morgan fingerprint density at radius 1 is 1.86 bits per heavy atom. The normalized spacial score (nSPS) is 8.57. The van der Waals surface area contributed by atoms with Crippen molar-refractivity contribution in [2.24, 2.45) is 0 Å². The van der Waals surface area contributed by atoms with Gasteiger partial charge in [0.2, 0.25) is 0 Å². The van der Waals surface area contributed by atoms with Crippen LogP contribution in [0, 0.1) is 11.5 Å². The van der Waals surface area contributed by atoms with Gasteiger partial charge < -0.3 is 5.32 Å². The van der Waals surface area contributed by atoms with Crippen LogP contribution in [-0.4, -0.2) is 6.54 Å². The molecule has 0 rings (SSSR count). The van der Waals surface area contributed by atoms with E-state index in [1.807, 2.05) is 19.1 Å². The van der Waals surface area contributed by atoms with Crippen LogP contribution in [0.3, 0.4) is 0 Å². The van der Waals surface area contributed by atoms with E-state index in [0.29, 0.717) is 6.54 Å². The van der Waals surface area contributed by atoms with Crippen LogP contribution >= 0.6 is 0 Å². The molecule has 38 valence electrons. The molecule has 0 atom stereocenters. The highest BCUT2D eigenvalue weighted by atomic mass is 14.8. The van der Waals surface area contributed by atoms with Gasteiger partial charge in [0.25, 0.3) is 0 Å². The zero-order chi connectivity index (χ0) is 5.54. The van der Waals surface area contributed by atoms with E-state index in [9.17, 15) is 0 Å². The minimum atomic E-state index is 0.646. The van der Waals surface area contributed by atoms with Crippen LogP contribution in [0.15, 0.2) is 12.2 Å². The number of nitrogens with zero attached hydrogens (tertiary/aromatic N) is 1.